The molecule has 1 amide bonds. The van der Waals surface area contributed by atoms with Crippen LogP contribution in [0, 0.1) is 0 Å². The van der Waals surface area contributed by atoms with E-state index in [4.69, 9.17) is 4.74 Å². The SMILES string of the molecule is CN1CCCC2(C1)NC(=O)CCO2. The maximum absolute atomic E-state index is 11.2. The van der Waals surface area contributed by atoms with Crippen LogP contribution in [-0.2, 0) is 9.53 Å². The topological polar surface area (TPSA) is 41.6 Å². The van der Waals surface area contributed by atoms with Gasteiger partial charge in [-0.05, 0) is 26.4 Å². The normalized spacial score (nSPS) is 36.2. The lowest BCUT2D eigenvalue weighted by atomic mass is 10.0. The van der Waals surface area contributed by atoms with E-state index in [2.05, 4.69) is 17.3 Å². The maximum atomic E-state index is 11.2. The fourth-order valence-corrected chi connectivity index (χ4v) is 2.14. The van der Waals surface area contributed by atoms with E-state index in [1.165, 1.54) is 0 Å². The Morgan fingerprint density at radius 1 is 1.62 bits per heavy atom. The van der Waals surface area contributed by atoms with Gasteiger partial charge in [0.15, 0.2) is 5.72 Å². The second kappa shape index (κ2) is 3.27. The summed E-state index contributed by atoms with van der Waals surface area (Å²) >= 11 is 0. The van der Waals surface area contributed by atoms with Crippen molar-refractivity contribution in [2.24, 2.45) is 0 Å². The molecule has 0 radical (unpaired) electrons. The zero-order valence-electron chi connectivity index (χ0n) is 8.01. The Bertz CT molecular complexity index is 216. The lowest BCUT2D eigenvalue weighted by Gasteiger charge is -2.43. The summed E-state index contributed by atoms with van der Waals surface area (Å²) in [5, 5.41) is 2.96. The van der Waals surface area contributed by atoms with Crippen LogP contribution in [0.5, 0.6) is 0 Å². The Labute approximate surface area is 78.2 Å². The lowest BCUT2D eigenvalue weighted by molar-refractivity contribution is -0.159. The van der Waals surface area contributed by atoms with Crippen molar-refractivity contribution < 1.29 is 9.53 Å². The van der Waals surface area contributed by atoms with Crippen LogP contribution in [0.25, 0.3) is 0 Å². The number of hydrogen-bond donors (Lipinski definition) is 1. The monoisotopic (exact) mass is 184 g/mol. The van der Waals surface area contributed by atoms with E-state index >= 15 is 0 Å². The minimum absolute atomic E-state index is 0.126. The van der Waals surface area contributed by atoms with E-state index in [1.807, 2.05) is 0 Å². The molecule has 0 aliphatic carbocycles. The molecule has 1 atom stereocenters. The summed E-state index contributed by atoms with van der Waals surface area (Å²) < 4.78 is 5.67. The molecule has 2 aliphatic rings. The number of piperidine rings is 1. The van der Waals surface area contributed by atoms with Crippen LogP contribution >= 0.6 is 0 Å². The Hall–Kier alpha value is -0.610. The summed E-state index contributed by atoms with van der Waals surface area (Å²) in [5.74, 6) is 0.126. The zero-order valence-corrected chi connectivity index (χ0v) is 8.01. The molecule has 0 bridgehead atoms. The van der Waals surface area contributed by atoms with Gasteiger partial charge in [-0.3, -0.25) is 4.79 Å². The average molecular weight is 184 g/mol. The maximum Gasteiger partial charge on any atom is 0.224 e. The van der Waals surface area contributed by atoms with Gasteiger partial charge in [-0.25, -0.2) is 0 Å². The van der Waals surface area contributed by atoms with Gasteiger partial charge in [0.05, 0.1) is 13.0 Å². The lowest BCUT2D eigenvalue weighted by Crippen LogP contribution is -2.62. The van der Waals surface area contributed by atoms with Crippen LogP contribution in [-0.4, -0.2) is 43.3 Å². The van der Waals surface area contributed by atoms with E-state index in [0.717, 1.165) is 25.9 Å². The molecule has 0 aromatic rings. The van der Waals surface area contributed by atoms with Gasteiger partial charge in [0.2, 0.25) is 5.91 Å². The molecule has 2 fully saturated rings. The molecule has 1 unspecified atom stereocenters. The van der Waals surface area contributed by atoms with E-state index < -0.39 is 0 Å². The molecule has 2 rings (SSSR count). The average Bonchev–Trinajstić information content (AvgIpc) is 2.02. The Balaban J connectivity index is 2.04. The van der Waals surface area contributed by atoms with Crippen molar-refractivity contribution in [2.45, 2.75) is 25.0 Å². The molecule has 13 heavy (non-hydrogen) atoms. The fraction of sp³-hybridized carbons (Fsp3) is 0.889. The van der Waals surface area contributed by atoms with Crippen LogP contribution in [0.15, 0.2) is 0 Å². The number of carbonyl (C=O) groups is 1. The van der Waals surface area contributed by atoms with Crippen LogP contribution in [0.2, 0.25) is 0 Å². The fourth-order valence-electron chi connectivity index (χ4n) is 2.14. The van der Waals surface area contributed by atoms with Gasteiger partial charge in [0.1, 0.15) is 0 Å². The van der Waals surface area contributed by atoms with Gasteiger partial charge < -0.3 is 15.0 Å². The number of likely N-dealkylation sites (N-methyl/N-ethyl adjacent to an activating group) is 1. The van der Waals surface area contributed by atoms with Crippen molar-refractivity contribution in [1.82, 2.24) is 10.2 Å². The molecule has 0 saturated carbocycles. The summed E-state index contributed by atoms with van der Waals surface area (Å²) in [5.41, 5.74) is -0.373. The molecule has 2 heterocycles. The molecule has 4 nitrogen and oxygen atoms in total. The van der Waals surface area contributed by atoms with Crippen molar-refractivity contribution in [3.05, 3.63) is 0 Å². The molecule has 0 aromatic heterocycles. The van der Waals surface area contributed by atoms with Crippen molar-refractivity contribution in [2.75, 3.05) is 26.7 Å². The minimum Gasteiger partial charge on any atom is -0.354 e. The molecule has 4 heteroatoms. The standard InChI is InChI=1S/C9H16N2O2/c1-11-5-2-4-9(7-11)10-8(12)3-6-13-9/h2-7H2,1H3,(H,10,12). The third-order valence-electron chi connectivity index (χ3n) is 2.72. The molecule has 2 aliphatic heterocycles. The first kappa shape index (κ1) is 8.97. The largest absolute Gasteiger partial charge is 0.354 e. The predicted octanol–water partition coefficient (Wildman–Crippen LogP) is -0.0552. The van der Waals surface area contributed by atoms with Gasteiger partial charge in [-0.2, -0.15) is 0 Å². The number of rotatable bonds is 0. The van der Waals surface area contributed by atoms with Gasteiger partial charge in [-0.15, -0.1) is 0 Å². The first-order valence-electron chi connectivity index (χ1n) is 4.84. The van der Waals surface area contributed by atoms with E-state index in [9.17, 15) is 4.79 Å². The molecular weight excluding hydrogens is 168 g/mol. The third kappa shape index (κ3) is 1.84. The van der Waals surface area contributed by atoms with Crippen molar-refractivity contribution in [3.8, 4) is 0 Å². The van der Waals surface area contributed by atoms with Crippen molar-refractivity contribution >= 4 is 5.91 Å². The highest BCUT2D eigenvalue weighted by Gasteiger charge is 2.38. The zero-order chi connectivity index (χ0) is 9.31. The molecule has 1 N–H and O–H groups in total. The highest BCUT2D eigenvalue weighted by atomic mass is 16.5. The molecule has 74 valence electrons. The number of likely N-dealkylation sites (tertiary alicyclic amines) is 1. The summed E-state index contributed by atoms with van der Waals surface area (Å²) in [6.07, 6.45) is 2.55. The predicted molar refractivity (Wildman–Crippen MR) is 48.2 cm³/mol. The Morgan fingerprint density at radius 2 is 2.46 bits per heavy atom. The highest BCUT2D eigenvalue weighted by Crippen LogP contribution is 2.24. The number of hydrogen-bond acceptors (Lipinski definition) is 3. The smallest absolute Gasteiger partial charge is 0.224 e. The Morgan fingerprint density at radius 3 is 3.15 bits per heavy atom. The Kier molecular flexibility index (Phi) is 2.26. The van der Waals surface area contributed by atoms with Gasteiger partial charge in [-0.1, -0.05) is 0 Å². The summed E-state index contributed by atoms with van der Waals surface area (Å²) in [7, 11) is 2.06. The number of nitrogens with one attached hydrogen (secondary N) is 1. The van der Waals surface area contributed by atoms with Crippen molar-refractivity contribution in [3.63, 3.8) is 0 Å². The van der Waals surface area contributed by atoms with Gasteiger partial charge in [0, 0.05) is 6.54 Å². The summed E-state index contributed by atoms with van der Waals surface area (Å²) in [6.45, 7) is 2.49. The highest BCUT2D eigenvalue weighted by molar-refractivity contribution is 5.77. The molecule has 2 saturated heterocycles. The first-order chi connectivity index (χ1) is 6.20. The molecular formula is C9H16N2O2. The van der Waals surface area contributed by atoms with E-state index in [1.54, 1.807) is 0 Å². The van der Waals surface area contributed by atoms with Crippen LogP contribution < -0.4 is 5.32 Å². The number of carbonyl (C=O) groups excluding carboxylic acids is 1. The van der Waals surface area contributed by atoms with Crippen LogP contribution in [0.1, 0.15) is 19.3 Å². The summed E-state index contributed by atoms with van der Waals surface area (Å²) in [6, 6.07) is 0. The second-order valence-electron chi connectivity index (χ2n) is 3.98. The third-order valence-corrected chi connectivity index (χ3v) is 2.72. The van der Waals surface area contributed by atoms with E-state index in [-0.39, 0.29) is 11.6 Å². The minimum atomic E-state index is -0.373. The summed E-state index contributed by atoms with van der Waals surface area (Å²) in [4.78, 5) is 13.4. The van der Waals surface area contributed by atoms with Crippen LogP contribution in [0.4, 0.5) is 0 Å². The second-order valence-corrected chi connectivity index (χ2v) is 3.98. The van der Waals surface area contributed by atoms with Gasteiger partial charge >= 0.3 is 0 Å². The number of nitrogens with zero attached hydrogens (tertiary/aromatic N) is 1. The van der Waals surface area contributed by atoms with Crippen LogP contribution in [0.3, 0.4) is 0 Å². The first-order valence-corrected chi connectivity index (χ1v) is 4.84. The quantitative estimate of drug-likeness (QED) is 0.573. The van der Waals surface area contributed by atoms with E-state index in [0.29, 0.717) is 13.0 Å². The number of ether oxygens (including phenoxy) is 1. The van der Waals surface area contributed by atoms with Crippen molar-refractivity contribution in [1.29, 1.82) is 0 Å². The van der Waals surface area contributed by atoms with Gasteiger partial charge in [0.25, 0.3) is 0 Å². The molecule has 1 spiro atoms. The number of amides is 1. The molecule has 0 aromatic carbocycles.